The van der Waals surface area contributed by atoms with Gasteiger partial charge in [-0.2, -0.15) is 5.10 Å². The first-order valence-electron chi connectivity index (χ1n) is 7.67. The van der Waals surface area contributed by atoms with Crippen LogP contribution in [0.2, 0.25) is 0 Å². The molecule has 1 N–H and O–H groups in total. The lowest BCUT2D eigenvalue weighted by Crippen LogP contribution is -2.02. The molecule has 0 saturated carbocycles. The smallest absolute Gasteiger partial charge is 0.118 e. The number of hydrogen-bond acceptors (Lipinski definition) is 3. The molecule has 0 aliphatic rings. The van der Waals surface area contributed by atoms with E-state index in [9.17, 15) is 0 Å². The SMILES string of the molecule is COc1ccc(CNc2c(C)nn(-c3ccccc3)c2C)cc1. The Hall–Kier alpha value is -2.75. The van der Waals surface area contributed by atoms with Crippen molar-refractivity contribution in [3.8, 4) is 11.4 Å². The van der Waals surface area contributed by atoms with Gasteiger partial charge in [0.15, 0.2) is 0 Å². The second kappa shape index (κ2) is 6.57. The second-order valence-electron chi connectivity index (χ2n) is 5.49. The lowest BCUT2D eigenvalue weighted by atomic mass is 10.2. The Labute approximate surface area is 136 Å². The number of rotatable bonds is 5. The normalized spacial score (nSPS) is 10.6. The third-order valence-electron chi connectivity index (χ3n) is 3.92. The second-order valence-corrected chi connectivity index (χ2v) is 5.49. The van der Waals surface area contributed by atoms with Crippen LogP contribution in [0, 0.1) is 13.8 Å². The highest BCUT2D eigenvalue weighted by Gasteiger charge is 2.12. The van der Waals surface area contributed by atoms with Gasteiger partial charge < -0.3 is 10.1 Å². The van der Waals surface area contributed by atoms with E-state index in [1.165, 1.54) is 5.56 Å². The molecular weight excluding hydrogens is 286 g/mol. The summed E-state index contributed by atoms with van der Waals surface area (Å²) in [6, 6.07) is 18.3. The summed E-state index contributed by atoms with van der Waals surface area (Å²) in [4.78, 5) is 0. The number of nitrogens with one attached hydrogen (secondary N) is 1. The zero-order chi connectivity index (χ0) is 16.2. The number of methoxy groups -OCH3 is 1. The summed E-state index contributed by atoms with van der Waals surface area (Å²) < 4.78 is 7.17. The predicted octanol–water partition coefficient (Wildman–Crippen LogP) is 4.11. The Morgan fingerprint density at radius 1 is 1.00 bits per heavy atom. The van der Waals surface area contributed by atoms with Crippen molar-refractivity contribution in [1.29, 1.82) is 0 Å². The number of hydrogen-bond donors (Lipinski definition) is 1. The topological polar surface area (TPSA) is 39.1 Å². The first kappa shape index (κ1) is 15.2. The first-order chi connectivity index (χ1) is 11.2. The van der Waals surface area contributed by atoms with Crippen molar-refractivity contribution in [2.75, 3.05) is 12.4 Å². The van der Waals surface area contributed by atoms with Gasteiger partial charge in [0, 0.05) is 6.54 Å². The molecule has 0 atom stereocenters. The fraction of sp³-hybridized carbons (Fsp3) is 0.211. The highest BCUT2D eigenvalue weighted by molar-refractivity contribution is 5.55. The predicted molar refractivity (Wildman–Crippen MR) is 93.4 cm³/mol. The van der Waals surface area contributed by atoms with Crippen LogP contribution in [0.5, 0.6) is 5.75 Å². The third kappa shape index (κ3) is 3.21. The minimum Gasteiger partial charge on any atom is -0.497 e. The van der Waals surface area contributed by atoms with E-state index in [0.29, 0.717) is 0 Å². The molecule has 1 aromatic heterocycles. The van der Waals surface area contributed by atoms with Crippen LogP contribution in [0.15, 0.2) is 54.6 Å². The number of aromatic nitrogens is 2. The molecule has 2 aromatic carbocycles. The summed E-state index contributed by atoms with van der Waals surface area (Å²) >= 11 is 0. The first-order valence-corrected chi connectivity index (χ1v) is 7.67. The maximum atomic E-state index is 5.19. The molecule has 3 aromatic rings. The Balaban J connectivity index is 1.79. The minimum absolute atomic E-state index is 0.756. The van der Waals surface area contributed by atoms with Crippen molar-refractivity contribution in [2.45, 2.75) is 20.4 Å². The Morgan fingerprint density at radius 3 is 2.35 bits per heavy atom. The van der Waals surface area contributed by atoms with E-state index in [2.05, 4.69) is 41.6 Å². The van der Waals surface area contributed by atoms with Crippen LogP contribution in [0.4, 0.5) is 5.69 Å². The van der Waals surface area contributed by atoms with Gasteiger partial charge in [0.1, 0.15) is 5.75 Å². The molecular formula is C19H21N3O. The fourth-order valence-corrected chi connectivity index (χ4v) is 2.65. The molecule has 0 aliphatic carbocycles. The van der Waals surface area contributed by atoms with Crippen LogP contribution in [0.25, 0.3) is 5.69 Å². The molecule has 4 heteroatoms. The number of anilines is 1. The molecule has 0 amide bonds. The van der Waals surface area contributed by atoms with Gasteiger partial charge in [0.05, 0.1) is 29.9 Å². The van der Waals surface area contributed by atoms with E-state index >= 15 is 0 Å². The summed E-state index contributed by atoms with van der Waals surface area (Å²) in [6.07, 6.45) is 0. The Morgan fingerprint density at radius 2 is 1.70 bits per heavy atom. The van der Waals surface area contributed by atoms with E-state index in [1.54, 1.807) is 7.11 Å². The van der Waals surface area contributed by atoms with Crippen LogP contribution in [-0.4, -0.2) is 16.9 Å². The molecule has 3 rings (SSSR count). The average molecular weight is 307 g/mol. The highest BCUT2D eigenvalue weighted by Crippen LogP contribution is 2.23. The van der Waals surface area contributed by atoms with Gasteiger partial charge in [-0.15, -0.1) is 0 Å². The van der Waals surface area contributed by atoms with E-state index in [4.69, 9.17) is 4.74 Å². The number of nitrogens with zero attached hydrogens (tertiary/aromatic N) is 2. The molecule has 23 heavy (non-hydrogen) atoms. The molecule has 1 heterocycles. The van der Waals surface area contributed by atoms with Gasteiger partial charge in [-0.25, -0.2) is 4.68 Å². The van der Waals surface area contributed by atoms with Gasteiger partial charge in [0.2, 0.25) is 0 Å². The van der Waals surface area contributed by atoms with Gasteiger partial charge in [-0.1, -0.05) is 30.3 Å². The third-order valence-corrected chi connectivity index (χ3v) is 3.92. The lowest BCUT2D eigenvalue weighted by molar-refractivity contribution is 0.414. The van der Waals surface area contributed by atoms with E-state index in [0.717, 1.165) is 35.1 Å². The largest absolute Gasteiger partial charge is 0.497 e. The van der Waals surface area contributed by atoms with Gasteiger partial charge in [-0.05, 0) is 43.7 Å². The van der Waals surface area contributed by atoms with Crippen molar-refractivity contribution >= 4 is 5.69 Å². The van der Waals surface area contributed by atoms with Crippen molar-refractivity contribution < 1.29 is 4.74 Å². The standard InChI is InChI=1S/C19H21N3O/c1-14-19(20-13-16-9-11-18(23-3)12-10-16)15(2)22(21-14)17-7-5-4-6-8-17/h4-12,20H,13H2,1-3H3. The van der Waals surface area contributed by atoms with E-state index in [1.807, 2.05) is 41.9 Å². The summed E-state index contributed by atoms with van der Waals surface area (Å²) in [5, 5.41) is 8.16. The monoisotopic (exact) mass is 307 g/mol. The van der Waals surface area contributed by atoms with Crippen molar-refractivity contribution in [3.63, 3.8) is 0 Å². The summed E-state index contributed by atoms with van der Waals surface area (Å²) in [5.41, 5.74) is 5.48. The fourth-order valence-electron chi connectivity index (χ4n) is 2.65. The van der Waals surface area contributed by atoms with Crippen molar-refractivity contribution in [3.05, 3.63) is 71.5 Å². The van der Waals surface area contributed by atoms with Crippen molar-refractivity contribution in [2.24, 2.45) is 0 Å². The number of para-hydroxylation sites is 1. The maximum Gasteiger partial charge on any atom is 0.118 e. The molecule has 118 valence electrons. The summed E-state index contributed by atoms with van der Waals surface area (Å²) in [5.74, 6) is 0.873. The summed E-state index contributed by atoms with van der Waals surface area (Å²) in [7, 11) is 1.68. The van der Waals surface area contributed by atoms with Crippen LogP contribution >= 0.6 is 0 Å². The zero-order valence-corrected chi connectivity index (χ0v) is 13.7. The van der Waals surface area contributed by atoms with Crippen molar-refractivity contribution in [1.82, 2.24) is 9.78 Å². The van der Waals surface area contributed by atoms with Gasteiger partial charge >= 0.3 is 0 Å². The quantitative estimate of drug-likeness (QED) is 0.771. The van der Waals surface area contributed by atoms with Crippen LogP contribution in [0.3, 0.4) is 0 Å². The average Bonchev–Trinajstić information content (AvgIpc) is 2.88. The molecule has 4 nitrogen and oxygen atoms in total. The van der Waals surface area contributed by atoms with Gasteiger partial charge in [0.25, 0.3) is 0 Å². The number of ether oxygens (including phenoxy) is 1. The molecule has 0 radical (unpaired) electrons. The molecule has 0 bridgehead atoms. The maximum absolute atomic E-state index is 5.19. The molecule has 0 fully saturated rings. The minimum atomic E-state index is 0.756. The van der Waals surface area contributed by atoms with Gasteiger partial charge in [-0.3, -0.25) is 0 Å². The van der Waals surface area contributed by atoms with Crippen LogP contribution in [-0.2, 0) is 6.54 Å². The highest BCUT2D eigenvalue weighted by atomic mass is 16.5. The Bertz CT molecular complexity index is 776. The summed E-state index contributed by atoms with van der Waals surface area (Å²) in [6.45, 7) is 4.87. The number of aryl methyl sites for hydroxylation is 1. The van der Waals surface area contributed by atoms with E-state index < -0.39 is 0 Å². The van der Waals surface area contributed by atoms with Crippen LogP contribution < -0.4 is 10.1 Å². The number of benzene rings is 2. The lowest BCUT2D eigenvalue weighted by Gasteiger charge is -2.09. The van der Waals surface area contributed by atoms with E-state index in [-0.39, 0.29) is 0 Å². The Kier molecular flexibility index (Phi) is 4.33. The molecule has 0 aliphatic heterocycles. The zero-order valence-electron chi connectivity index (χ0n) is 13.7. The molecule has 0 saturated heterocycles. The molecule has 0 unspecified atom stereocenters. The van der Waals surface area contributed by atoms with Crippen LogP contribution in [0.1, 0.15) is 17.0 Å². The molecule has 0 spiro atoms.